The van der Waals surface area contributed by atoms with Crippen LogP contribution in [0.15, 0.2) is 140 Å². The molecule has 2 aliphatic rings. The summed E-state index contributed by atoms with van der Waals surface area (Å²) in [7, 11) is 3.30. The Morgan fingerprint density at radius 2 is 1.16 bits per heavy atom. The number of carbonyl (C=O) groups is 2. The minimum atomic E-state index is -4.55. The Labute approximate surface area is 389 Å². The zero-order valence-electron chi connectivity index (χ0n) is 37.4. The molecule has 0 atom stereocenters. The summed E-state index contributed by atoms with van der Waals surface area (Å²) in [4.78, 5) is 36.4. The van der Waals surface area contributed by atoms with Crippen LogP contribution in [0.2, 0.25) is 0 Å². The van der Waals surface area contributed by atoms with Crippen molar-refractivity contribution in [1.82, 2.24) is 24.7 Å². The Balaban J connectivity index is 0.000000194. The lowest BCUT2D eigenvalue weighted by Crippen LogP contribution is -2.23. The van der Waals surface area contributed by atoms with E-state index in [-0.39, 0.29) is 36.8 Å². The Morgan fingerprint density at radius 3 is 1.72 bits per heavy atom. The maximum absolute atomic E-state index is 13.6. The zero-order valence-corrected chi connectivity index (χ0v) is 37.4. The van der Waals surface area contributed by atoms with Crippen LogP contribution in [0.1, 0.15) is 63.9 Å². The lowest BCUT2D eigenvalue weighted by molar-refractivity contribution is -0.139. The molecule has 1 N–H and O–H groups in total. The summed E-state index contributed by atoms with van der Waals surface area (Å²) >= 11 is 0. The number of methoxy groups -OCH3 is 1. The van der Waals surface area contributed by atoms with Gasteiger partial charge in [0.05, 0.1) is 49.0 Å². The van der Waals surface area contributed by atoms with Gasteiger partial charge in [0, 0.05) is 42.1 Å². The molecule has 2 aliphatic heterocycles. The number of anilines is 2. The highest BCUT2D eigenvalue weighted by atomic mass is 19.4. The number of nitrogens with zero attached hydrogens (tertiary/aromatic N) is 6. The number of aromatic amines is 1. The van der Waals surface area contributed by atoms with Crippen LogP contribution in [0.3, 0.4) is 0 Å². The number of carbonyl (C=O) groups excluding carboxylic acids is 2. The van der Waals surface area contributed by atoms with E-state index in [9.17, 15) is 35.9 Å². The SMILES string of the molecule is CC.COc1ccc(-c2ccccc2-c2nncn2C)cc1N1Cc2c(cccc2C(F)(F)F)C1=O.Cc1[nH]cnc1-c1ccccc1-c1cccc(N2Cc3c(cccc3C(F)(F)F)C2=O)c1.[HH]. The quantitative estimate of drug-likeness (QED) is 0.159. The molecule has 10 nitrogen and oxygen atoms in total. The number of amides is 2. The molecule has 68 heavy (non-hydrogen) atoms. The number of nitrogens with one attached hydrogen (secondary N) is 1. The van der Waals surface area contributed by atoms with Crippen molar-refractivity contribution in [2.45, 2.75) is 46.2 Å². The molecule has 0 saturated heterocycles. The van der Waals surface area contributed by atoms with Gasteiger partial charge >= 0.3 is 12.4 Å². The van der Waals surface area contributed by atoms with Crippen LogP contribution < -0.4 is 14.5 Å². The number of aryl methyl sites for hydroxylation is 2. The normalized spacial score (nSPS) is 13.1. The molecule has 0 saturated carbocycles. The molecule has 2 amide bonds. The summed E-state index contributed by atoms with van der Waals surface area (Å²) in [5.41, 5.74) is 6.37. The van der Waals surface area contributed by atoms with E-state index in [1.54, 1.807) is 41.5 Å². The van der Waals surface area contributed by atoms with E-state index < -0.39 is 35.3 Å². The van der Waals surface area contributed by atoms with E-state index >= 15 is 0 Å². The summed E-state index contributed by atoms with van der Waals surface area (Å²) < 4.78 is 88.4. The van der Waals surface area contributed by atoms with E-state index in [1.165, 1.54) is 41.2 Å². The second kappa shape index (κ2) is 18.7. The standard InChI is InChI=1S/C25H19F3N4O2.C25H18F3N3O.C2H6.H2/c1-31-14-29-30-23(31)17-7-4-3-6-16(17)15-10-11-22(34-2)21(12-15)32-13-19-18(24(32)33)8-5-9-20(19)25(26,27)28;1-15-23(30-14-29-15)19-9-3-2-8-18(19)16-6-4-7-17(12-16)31-13-21-20(24(31)32)10-5-11-22(21)25(26,27)28;1-2;/h3-12,14H,13H2,1-2H3;2-12,14H,13H2,1H3,(H,29,30);1-2H3;1H. The summed E-state index contributed by atoms with van der Waals surface area (Å²) in [6, 6.07) is 35.4. The molecule has 0 unspecified atom stereocenters. The zero-order chi connectivity index (χ0) is 48.5. The number of aromatic nitrogens is 5. The highest BCUT2D eigenvalue weighted by molar-refractivity contribution is 6.12. The minimum absolute atomic E-state index is 0. The number of benzene rings is 6. The lowest BCUT2D eigenvalue weighted by Gasteiger charge is -2.21. The van der Waals surface area contributed by atoms with E-state index in [0.717, 1.165) is 56.9 Å². The van der Waals surface area contributed by atoms with Crippen molar-refractivity contribution in [3.05, 3.63) is 179 Å². The fourth-order valence-corrected chi connectivity index (χ4v) is 8.54. The third-order valence-electron chi connectivity index (χ3n) is 11.7. The number of halogens is 6. The van der Waals surface area contributed by atoms with Crippen molar-refractivity contribution in [1.29, 1.82) is 0 Å². The predicted molar refractivity (Wildman–Crippen MR) is 250 cm³/mol. The second-order valence-corrected chi connectivity index (χ2v) is 15.6. The highest BCUT2D eigenvalue weighted by Gasteiger charge is 2.41. The predicted octanol–water partition coefficient (Wildman–Crippen LogP) is 12.8. The molecule has 8 aromatic rings. The first-order valence-corrected chi connectivity index (χ1v) is 21.5. The number of imidazole rings is 1. The van der Waals surface area contributed by atoms with Gasteiger partial charge in [0.1, 0.15) is 12.1 Å². The molecule has 6 aromatic carbocycles. The number of ether oxygens (including phenoxy) is 1. The van der Waals surface area contributed by atoms with Gasteiger partial charge in [-0.05, 0) is 88.8 Å². The number of fused-ring (bicyclic) bond motifs is 2. The van der Waals surface area contributed by atoms with E-state index in [4.69, 9.17) is 4.74 Å². The topological polar surface area (TPSA) is 109 Å². The van der Waals surface area contributed by atoms with Crippen molar-refractivity contribution in [2.24, 2.45) is 7.05 Å². The third kappa shape index (κ3) is 8.72. The molecule has 10 rings (SSSR count). The molecular formula is C52H45F6N7O3. The number of alkyl halides is 6. The third-order valence-corrected chi connectivity index (χ3v) is 11.7. The van der Waals surface area contributed by atoms with Crippen LogP contribution >= 0.6 is 0 Å². The van der Waals surface area contributed by atoms with Crippen LogP contribution in [-0.4, -0.2) is 43.7 Å². The summed E-state index contributed by atoms with van der Waals surface area (Å²) in [5, 5.41) is 8.14. The highest BCUT2D eigenvalue weighted by Crippen LogP contribution is 2.44. The van der Waals surface area contributed by atoms with Gasteiger partial charge in [-0.1, -0.05) is 92.7 Å². The summed E-state index contributed by atoms with van der Waals surface area (Å²) in [6.07, 6.45) is -5.83. The summed E-state index contributed by atoms with van der Waals surface area (Å²) in [6.45, 7) is 5.62. The molecular weight excluding hydrogens is 885 g/mol. The smallest absolute Gasteiger partial charge is 0.416 e. The van der Waals surface area contributed by atoms with Crippen LogP contribution in [-0.2, 0) is 32.5 Å². The van der Waals surface area contributed by atoms with Crippen LogP contribution in [0.5, 0.6) is 5.75 Å². The first kappa shape index (κ1) is 46.5. The summed E-state index contributed by atoms with van der Waals surface area (Å²) in [5.74, 6) is 0.111. The number of rotatable bonds is 7. The van der Waals surface area contributed by atoms with Gasteiger partial charge in [-0.25, -0.2) is 4.98 Å². The molecule has 348 valence electrons. The van der Waals surface area contributed by atoms with Gasteiger partial charge < -0.3 is 24.1 Å². The Morgan fingerprint density at radius 1 is 0.632 bits per heavy atom. The first-order valence-electron chi connectivity index (χ1n) is 21.5. The maximum Gasteiger partial charge on any atom is 0.416 e. The monoisotopic (exact) mass is 929 g/mol. The van der Waals surface area contributed by atoms with Crippen molar-refractivity contribution < 1.29 is 42.1 Å². The average molecular weight is 930 g/mol. The molecule has 16 heteroatoms. The van der Waals surface area contributed by atoms with E-state index in [2.05, 4.69) is 20.2 Å². The van der Waals surface area contributed by atoms with E-state index in [0.29, 0.717) is 22.9 Å². The Hall–Kier alpha value is -8.01. The minimum Gasteiger partial charge on any atom is -0.495 e. The molecule has 0 radical (unpaired) electrons. The van der Waals surface area contributed by atoms with Crippen molar-refractivity contribution >= 4 is 23.2 Å². The van der Waals surface area contributed by atoms with Gasteiger partial charge in [-0.15, -0.1) is 10.2 Å². The second-order valence-electron chi connectivity index (χ2n) is 15.6. The maximum atomic E-state index is 13.6. The van der Waals surface area contributed by atoms with Crippen molar-refractivity contribution in [3.63, 3.8) is 0 Å². The van der Waals surface area contributed by atoms with Gasteiger partial charge in [0.15, 0.2) is 5.82 Å². The van der Waals surface area contributed by atoms with Crippen molar-refractivity contribution in [3.8, 4) is 50.6 Å². The average Bonchev–Trinajstić information content (AvgIpc) is 4.14. The fraction of sp³-hybridized carbons (Fsp3) is 0.173. The first-order chi connectivity index (χ1) is 32.6. The molecule has 0 bridgehead atoms. The van der Waals surface area contributed by atoms with Gasteiger partial charge in [-0.3, -0.25) is 9.59 Å². The molecule has 0 aliphatic carbocycles. The Kier molecular flexibility index (Phi) is 12.8. The van der Waals surface area contributed by atoms with Gasteiger partial charge in [0.2, 0.25) is 0 Å². The number of hydrogen-bond acceptors (Lipinski definition) is 6. The molecule has 0 fully saturated rings. The number of hydrogen-bond donors (Lipinski definition) is 1. The van der Waals surface area contributed by atoms with Crippen molar-refractivity contribution in [2.75, 3.05) is 16.9 Å². The molecule has 2 aromatic heterocycles. The number of H-pyrrole nitrogens is 1. The van der Waals surface area contributed by atoms with E-state index in [1.807, 2.05) is 94.5 Å². The van der Waals surface area contributed by atoms with Crippen LogP contribution in [0, 0.1) is 6.92 Å². The van der Waals surface area contributed by atoms with Crippen LogP contribution in [0.4, 0.5) is 37.7 Å². The van der Waals surface area contributed by atoms with Crippen LogP contribution in [0.25, 0.3) is 44.9 Å². The van der Waals surface area contributed by atoms with Gasteiger partial charge in [0.25, 0.3) is 11.8 Å². The molecule has 4 heterocycles. The largest absolute Gasteiger partial charge is 0.495 e. The van der Waals surface area contributed by atoms with Gasteiger partial charge in [-0.2, -0.15) is 26.3 Å². The fourth-order valence-electron chi connectivity index (χ4n) is 8.54. The lowest BCUT2D eigenvalue weighted by atomic mass is 9.96. The Bertz CT molecular complexity index is 3180. The molecule has 0 spiro atoms.